The Hall–Kier alpha value is -2.43. The average molecular weight is 262 g/mol. The number of carboxylic acid groups (broad SMARTS) is 1. The molecule has 0 fully saturated rings. The summed E-state index contributed by atoms with van der Waals surface area (Å²) in [5.74, 6) is -4.19. The monoisotopic (exact) mass is 262 g/mol. The van der Waals surface area contributed by atoms with Gasteiger partial charge in [0.05, 0.1) is 0 Å². The molecule has 0 saturated carbocycles. The smallest absolute Gasteiger partial charge is 0.315 e. The number of rotatable bonds is 1. The molecule has 96 valence electrons. The predicted molar refractivity (Wildman–Crippen MR) is 62.4 cm³/mol. The van der Waals surface area contributed by atoms with Crippen molar-refractivity contribution in [1.29, 1.82) is 0 Å². The zero-order valence-electron chi connectivity index (χ0n) is 9.56. The van der Waals surface area contributed by atoms with Gasteiger partial charge in [-0.1, -0.05) is 24.3 Å². The lowest BCUT2D eigenvalue weighted by atomic mass is 9.88. The first kappa shape index (κ1) is 11.6. The van der Waals surface area contributed by atoms with E-state index in [1.165, 1.54) is 24.3 Å². The minimum absolute atomic E-state index is 0.186. The van der Waals surface area contributed by atoms with E-state index in [2.05, 4.69) is 0 Å². The second-order valence-electron chi connectivity index (χ2n) is 4.19. The number of hydrogen-bond acceptors (Lipinski definition) is 2. The minimum Gasteiger partial charge on any atom is -0.481 e. The zero-order valence-corrected chi connectivity index (χ0v) is 9.56. The van der Waals surface area contributed by atoms with Gasteiger partial charge in [0.15, 0.2) is 23.1 Å². The minimum atomic E-state index is -1.18. The zero-order chi connectivity index (χ0) is 13.6. The number of ether oxygens (including phenoxy) is 1. The number of benzene rings is 2. The number of para-hydroxylation sites is 2. The van der Waals surface area contributed by atoms with Crippen molar-refractivity contribution in [3.63, 3.8) is 0 Å². The highest BCUT2D eigenvalue weighted by Crippen LogP contribution is 2.46. The van der Waals surface area contributed by atoms with Gasteiger partial charge in [0, 0.05) is 11.1 Å². The fraction of sp³-hybridized carbons (Fsp3) is 0.0714. The molecule has 2 aromatic rings. The van der Waals surface area contributed by atoms with Crippen molar-refractivity contribution < 1.29 is 23.4 Å². The molecule has 3 nitrogen and oxygen atoms in total. The van der Waals surface area contributed by atoms with Gasteiger partial charge >= 0.3 is 5.97 Å². The van der Waals surface area contributed by atoms with Crippen LogP contribution in [0.2, 0.25) is 0 Å². The SMILES string of the molecule is O=C(O)C1c2cccc(F)c2Oc2c(F)cccc21. The molecule has 0 unspecified atom stereocenters. The van der Waals surface area contributed by atoms with Crippen LogP contribution in [-0.4, -0.2) is 11.1 Å². The number of aliphatic carboxylic acids is 1. The lowest BCUT2D eigenvalue weighted by Crippen LogP contribution is -2.19. The summed E-state index contributed by atoms with van der Waals surface area (Å²) in [5.41, 5.74) is 0.371. The van der Waals surface area contributed by atoms with Crippen LogP contribution in [0.4, 0.5) is 8.78 Å². The van der Waals surface area contributed by atoms with Crippen LogP contribution in [0.1, 0.15) is 17.0 Å². The molecule has 3 rings (SSSR count). The van der Waals surface area contributed by atoms with Gasteiger partial charge in [-0.05, 0) is 12.1 Å². The standard InChI is InChI=1S/C14H8F2O3/c15-9-5-1-3-7-11(14(17)18)8-4-2-6-10(16)13(8)19-12(7)9/h1-6,11H,(H,17,18). The number of hydrogen-bond donors (Lipinski definition) is 1. The number of fused-ring (bicyclic) bond motifs is 2. The molecule has 5 heteroatoms. The van der Waals surface area contributed by atoms with Crippen LogP contribution in [0.25, 0.3) is 0 Å². The molecule has 0 atom stereocenters. The molecule has 0 bridgehead atoms. The molecular formula is C14H8F2O3. The number of halogens is 2. The Morgan fingerprint density at radius 2 is 1.47 bits per heavy atom. The molecule has 1 aliphatic heterocycles. The van der Waals surface area contributed by atoms with Crippen LogP contribution >= 0.6 is 0 Å². The van der Waals surface area contributed by atoms with Crippen LogP contribution in [0.3, 0.4) is 0 Å². The van der Waals surface area contributed by atoms with E-state index in [0.717, 1.165) is 12.1 Å². The van der Waals surface area contributed by atoms with Gasteiger partial charge in [0.25, 0.3) is 0 Å². The van der Waals surface area contributed by atoms with E-state index in [4.69, 9.17) is 4.74 Å². The first-order chi connectivity index (χ1) is 9.09. The predicted octanol–water partition coefficient (Wildman–Crippen LogP) is 3.29. The average Bonchev–Trinajstić information content (AvgIpc) is 2.37. The molecule has 1 N–H and O–H groups in total. The third-order valence-electron chi connectivity index (χ3n) is 3.07. The maximum Gasteiger partial charge on any atom is 0.315 e. The van der Waals surface area contributed by atoms with Crippen LogP contribution < -0.4 is 4.74 Å². The molecule has 1 aliphatic rings. The highest BCUT2D eigenvalue weighted by molar-refractivity contribution is 5.83. The lowest BCUT2D eigenvalue weighted by molar-refractivity contribution is -0.137. The Morgan fingerprint density at radius 1 is 1.00 bits per heavy atom. The summed E-state index contributed by atoms with van der Waals surface area (Å²) >= 11 is 0. The van der Waals surface area contributed by atoms with E-state index in [0.29, 0.717) is 0 Å². The molecule has 19 heavy (non-hydrogen) atoms. The molecule has 0 amide bonds. The molecule has 0 aromatic heterocycles. The highest BCUT2D eigenvalue weighted by atomic mass is 19.1. The van der Waals surface area contributed by atoms with Gasteiger partial charge in [0.2, 0.25) is 0 Å². The maximum absolute atomic E-state index is 13.7. The van der Waals surface area contributed by atoms with E-state index in [1.807, 2.05) is 0 Å². The molecule has 0 radical (unpaired) electrons. The van der Waals surface area contributed by atoms with Gasteiger partial charge in [-0.25, -0.2) is 8.78 Å². The Labute approximate surface area is 107 Å². The van der Waals surface area contributed by atoms with Crippen molar-refractivity contribution >= 4 is 5.97 Å². The molecule has 2 aromatic carbocycles. The normalized spacial score (nSPS) is 13.4. The molecule has 0 spiro atoms. The molecule has 0 aliphatic carbocycles. The van der Waals surface area contributed by atoms with Crippen LogP contribution in [0, 0.1) is 11.6 Å². The van der Waals surface area contributed by atoms with Crippen LogP contribution in [0.5, 0.6) is 11.5 Å². The van der Waals surface area contributed by atoms with Crippen LogP contribution in [0.15, 0.2) is 36.4 Å². The second kappa shape index (κ2) is 4.05. The second-order valence-corrected chi connectivity index (χ2v) is 4.19. The fourth-order valence-corrected chi connectivity index (χ4v) is 2.26. The molecule has 0 saturated heterocycles. The van der Waals surface area contributed by atoms with Crippen LogP contribution in [-0.2, 0) is 4.79 Å². The summed E-state index contributed by atoms with van der Waals surface area (Å²) in [6.07, 6.45) is 0. The third kappa shape index (κ3) is 1.66. The van der Waals surface area contributed by atoms with Gasteiger partial charge in [-0.15, -0.1) is 0 Å². The maximum atomic E-state index is 13.7. The number of carbonyl (C=O) groups is 1. The topological polar surface area (TPSA) is 46.5 Å². The summed E-state index contributed by atoms with van der Waals surface area (Å²) in [6.45, 7) is 0. The first-order valence-corrected chi connectivity index (χ1v) is 5.57. The van der Waals surface area contributed by atoms with Gasteiger partial charge in [0.1, 0.15) is 5.92 Å². The van der Waals surface area contributed by atoms with Gasteiger partial charge < -0.3 is 9.84 Å². The molecular weight excluding hydrogens is 254 g/mol. The van der Waals surface area contributed by atoms with Crippen molar-refractivity contribution in [2.24, 2.45) is 0 Å². The third-order valence-corrected chi connectivity index (χ3v) is 3.07. The van der Waals surface area contributed by atoms with Crippen molar-refractivity contribution in [1.82, 2.24) is 0 Å². The Balaban J connectivity index is 2.30. The van der Waals surface area contributed by atoms with Crippen molar-refractivity contribution in [2.75, 3.05) is 0 Å². The highest BCUT2D eigenvalue weighted by Gasteiger charge is 2.35. The van der Waals surface area contributed by atoms with E-state index < -0.39 is 23.5 Å². The van der Waals surface area contributed by atoms with E-state index in [-0.39, 0.29) is 22.6 Å². The Morgan fingerprint density at radius 3 is 1.89 bits per heavy atom. The van der Waals surface area contributed by atoms with E-state index >= 15 is 0 Å². The van der Waals surface area contributed by atoms with Gasteiger partial charge in [-0.2, -0.15) is 0 Å². The van der Waals surface area contributed by atoms with Crippen molar-refractivity contribution in [2.45, 2.75) is 5.92 Å². The summed E-state index contributed by atoms with van der Waals surface area (Å²) in [5, 5.41) is 9.31. The van der Waals surface area contributed by atoms with Gasteiger partial charge in [-0.3, -0.25) is 4.79 Å². The summed E-state index contributed by atoms with van der Waals surface area (Å²) in [4.78, 5) is 11.4. The van der Waals surface area contributed by atoms with E-state index in [9.17, 15) is 18.7 Å². The van der Waals surface area contributed by atoms with E-state index in [1.54, 1.807) is 0 Å². The lowest BCUT2D eigenvalue weighted by Gasteiger charge is -2.25. The quantitative estimate of drug-likeness (QED) is 0.857. The summed E-state index contributed by atoms with van der Waals surface area (Å²) in [7, 11) is 0. The largest absolute Gasteiger partial charge is 0.481 e. The Kier molecular flexibility index (Phi) is 2.48. The van der Waals surface area contributed by atoms with Crippen molar-refractivity contribution in [3.05, 3.63) is 59.2 Å². The summed E-state index contributed by atoms with van der Waals surface area (Å²) in [6, 6.07) is 8.01. The summed E-state index contributed by atoms with van der Waals surface area (Å²) < 4.78 is 32.6. The van der Waals surface area contributed by atoms with Crippen molar-refractivity contribution in [3.8, 4) is 11.5 Å². The fourth-order valence-electron chi connectivity index (χ4n) is 2.26. The number of carboxylic acids is 1. The Bertz CT molecular complexity index is 631. The molecule has 1 heterocycles. The first-order valence-electron chi connectivity index (χ1n) is 5.57.